The summed E-state index contributed by atoms with van der Waals surface area (Å²) in [6, 6.07) is 5.93. The van der Waals surface area contributed by atoms with E-state index in [0.717, 1.165) is 30.4 Å². The van der Waals surface area contributed by atoms with Crippen LogP contribution in [0.1, 0.15) is 95.6 Å². The van der Waals surface area contributed by atoms with Gasteiger partial charge in [0.25, 0.3) is 11.8 Å². The quantitative estimate of drug-likeness (QED) is 0.118. The monoisotopic (exact) mass is 486 g/mol. The van der Waals surface area contributed by atoms with Gasteiger partial charge in [-0.1, -0.05) is 95.9 Å². The summed E-state index contributed by atoms with van der Waals surface area (Å²) in [5, 5.41) is 0.218. The number of rotatable bonds is 15. The third-order valence-corrected chi connectivity index (χ3v) is 6.80. The summed E-state index contributed by atoms with van der Waals surface area (Å²) in [5.41, 5.74) is 2.08. The van der Waals surface area contributed by atoms with Crippen molar-refractivity contribution in [3.05, 3.63) is 41.5 Å². The summed E-state index contributed by atoms with van der Waals surface area (Å²) >= 11 is 5.63. The largest absolute Gasteiger partial charge is 0.470 e. The fourth-order valence-electron chi connectivity index (χ4n) is 4.31. The van der Waals surface area contributed by atoms with E-state index in [-0.39, 0.29) is 16.6 Å². The van der Waals surface area contributed by atoms with Gasteiger partial charge in [-0.05, 0) is 44.1 Å². The molecule has 0 bridgehead atoms. The lowest BCUT2D eigenvalue weighted by Crippen LogP contribution is -2.60. The van der Waals surface area contributed by atoms with Crippen LogP contribution in [0.5, 0.6) is 5.75 Å². The van der Waals surface area contributed by atoms with E-state index in [4.69, 9.17) is 17.0 Å². The molecule has 5 nitrogen and oxygen atoms in total. The van der Waals surface area contributed by atoms with Gasteiger partial charge in [-0.15, -0.1) is 0 Å². The second-order valence-electron chi connectivity index (χ2n) is 9.32. The Morgan fingerprint density at radius 2 is 1.50 bits per heavy atom. The van der Waals surface area contributed by atoms with Crippen LogP contribution in [0.25, 0.3) is 0 Å². The second-order valence-corrected chi connectivity index (χ2v) is 9.69. The fourth-order valence-corrected chi connectivity index (χ4v) is 4.68. The SMILES string of the molecule is C=C1C(=O)N(CCCCCCCCCCCC)C(=S)N(C(CC)Oc2ccc(C)cc2C)C1=O. The van der Waals surface area contributed by atoms with Gasteiger partial charge < -0.3 is 4.74 Å². The van der Waals surface area contributed by atoms with E-state index in [1.165, 1.54) is 54.7 Å². The lowest BCUT2D eigenvalue weighted by atomic mass is 10.1. The molecular formula is C28H42N2O3S. The Morgan fingerprint density at radius 1 is 0.912 bits per heavy atom. The minimum Gasteiger partial charge on any atom is -0.470 e. The van der Waals surface area contributed by atoms with E-state index in [0.29, 0.717) is 18.7 Å². The Hall–Kier alpha value is -2.21. The normalized spacial score (nSPS) is 15.3. The van der Waals surface area contributed by atoms with Crippen LogP contribution in [0.2, 0.25) is 0 Å². The van der Waals surface area contributed by atoms with Gasteiger partial charge in [-0.3, -0.25) is 14.5 Å². The summed E-state index contributed by atoms with van der Waals surface area (Å²) in [7, 11) is 0. The zero-order valence-corrected chi connectivity index (χ0v) is 22.3. The molecule has 6 heteroatoms. The van der Waals surface area contributed by atoms with Gasteiger partial charge in [0.15, 0.2) is 11.3 Å². The Bertz CT molecular complexity index is 867. The number of aryl methyl sites for hydroxylation is 2. The van der Waals surface area contributed by atoms with Gasteiger partial charge in [-0.2, -0.15) is 0 Å². The average molecular weight is 487 g/mol. The van der Waals surface area contributed by atoms with Gasteiger partial charge in [0.2, 0.25) is 0 Å². The zero-order chi connectivity index (χ0) is 25.1. The summed E-state index contributed by atoms with van der Waals surface area (Å²) in [4.78, 5) is 28.7. The Balaban J connectivity index is 1.93. The van der Waals surface area contributed by atoms with Crippen LogP contribution in [-0.2, 0) is 9.59 Å². The van der Waals surface area contributed by atoms with Crippen LogP contribution in [-0.4, -0.2) is 39.5 Å². The first kappa shape index (κ1) is 28.0. The van der Waals surface area contributed by atoms with Gasteiger partial charge in [0.1, 0.15) is 5.75 Å². The maximum Gasteiger partial charge on any atom is 0.268 e. The lowest BCUT2D eigenvalue weighted by molar-refractivity contribution is -0.138. The molecule has 0 saturated carbocycles. The number of ether oxygens (including phenoxy) is 1. The highest BCUT2D eigenvalue weighted by atomic mass is 32.1. The first-order valence-electron chi connectivity index (χ1n) is 12.9. The molecule has 1 fully saturated rings. The van der Waals surface area contributed by atoms with Crippen molar-refractivity contribution < 1.29 is 14.3 Å². The molecule has 1 aliphatic rings. The number of nitrogens with zero attached hydrogens (tertiary/aromatic N) is 2. The molecular weight excluding hydrogens is 444 g/mol. The molecule has 0 spiro atoms. The van der Waals surface area contributed by atoms with E-state index in [1.54, 1.807) is 0 Å². The Kier molecular flexibility index (Phi) is 11.7. The van der Waals surface area contributed by atoms with E-state index in [2.05, 4.69) is 13.5 Å². The minimum absolute atomic E-state index is 0.0524. The predicted octanol–water partition coefficient (Wildman–Crippen LogP) is 6.85. The van der Waals surface area contributed by atoms with E-state index >= 15 is 0 Å². The molecule has 188 valence electrons. The number of hydrogen-bond acceptors (Lipinski definition) is 4. The van der Waals surface area contributed by atoms with Crippen LogP contribution >= 0.6 is 12.2 Å². The van der Waals surface area contributed by atoms with Crippen molar-refractivity contribution in [1.29, 1.82) is 0 Å². The maximum atomic E-state index is 13.0. The van der Waals surface area contributed by atoms with Crippen LogP contribution in [0.3, 0.4) is 0 Å². The first-order chi connectivity index (χ1) is 16.3. The molecule has 1 atom stereocenters. The molecule has 1 heterocycles. The smallest absolute Gasteiger partial charge is 0.268 e. The molecule has 0 aromatic heterocycles. The maximum absolute atomic E-state index is 13.0. The van der Waals surface area contributed by atoms with Crippen molar-refractivity contribution in [3.8, 4) is 5.75 Å². The molecule has 1 aliphatic heterocycles. The van der Waals surface area contributed by atoms with Crippen LogP contribution in [0.15, 0.2) is 30.4 Å². The number of hydrogen-bond donors (Lipinski definition) is 0. The predicted molar refractivity (Wildman–Crippen MR) is 143 cm³/mol. The van der Waals surface area contributed by atoms with Crippen molar-refractivity contribution in [2.75, 3.05) is 6.54 Å². The van der Waals surface area contributed by atoms with Crippen LogP contribution in [0, 0.1) is 13.8 Å². The highest BCUT2D eigenvalue weighted by Crippen LogP contribution is 2.26. The Morgan fingerprint density at radius 3 is 2.06 bits per heavy atom. The molecule has 1 aromatic carbocycles. The van der Waals surface area contributed by atoms with Gasteiger partial charge >= 0.3 is 0 Å². The summed E-state index contributed by atoms with van der Waals surface area (Å²) < 4.78 is 6.21. The summed E-state index contributed by atoms with van der Waals surface area (Å²) in [6.07, 6.45) is 12.1. The highest BCUT2D eigenvalue weighted by molar-refractivity contribution is 7.80. The third kappa shape index (κ3) is 7.66. The first-order valence-corrected chi connectivity index (χ1v) is 13.3. The number of carbonyl (C=O) groups excluding carboxylic acids is 2. The molecule has 0 N–H and O–H groups in total. The van der Waals surface area contributed by atoms with Crippen molar-refractivity contribution >= 4 is 29.1 Å². The second kappa shape index (κ2) is 14.2. The molecule has 1 aromatic rings. The fraction of sp³-hybridized carbons (Fsp3) is 0.607. The van der Waals surface area contributed by atoms with E-state index in [9.17, 15) is 9.59 Å². The highest BCUT2D eigenvalue weighted by Gasteiger charge is 2.42. The number of carbonyl (C=O) groups is 2. The number of amides is 2. The molecule has 1 saturated heterocycles. The summed E-state index contributed by atoms with van der Waals surface area (Å²) in [5.74, 6) is -0.147. The van der Waals surface area contributed by atoms with Crippen LogP contribution in [0.4, 0.5) is 0 Å². The van der Waals surface area contributed by atoms with Crippen molar-refractivity contribution in [3.63, 3.8) is 0 Å². The van der Waals surface area contributed by atoms with Gasteiger partial charge in [0, 0.05) is 13.0 Å². The van der Waals surface area contributed by atoms with Crippen molar-refractivity contribution in [2.24, 2.45) is 0 Å². The van der Waals surface area contributed by atoms with Crippen molar-refractivity contribution in [1.82, 2.24) is 9.80 Å². The molecule has 2 amide bonds. The number of thiocarbonyl (C=S) groups is 1. The summed E-state index contributed by atoms with van der Waals surface area (Å²) in [6.45, 7) is 12.4. The van der Waals surface area contributed by atoms with Crippen molar-refractivity contribution in [2.45, 2.75) is 105 Å². The van der Waals surface area contributed by atoms with E-state index in [1.807, 2.05) is 39.0 Å². The molecule has 2 rings (SSSR count). The lowest BCUT2D eigenvalue weighted by Gasteiger charge is -2.40. The third-order valence-electron chi connectivity index (χ3n) is 6.38. The standard InChI is InChI=1S/C28H42N2O3S/c1-6-8-9-10-11-12-13-14-15-16-19-29-26(31)23(5)27(32)30(28(29)34)25(7-2)33-24-18-17-21(3)20-22(24)4/h17-18,20,25H,5-16,19H2,1-4H3. The molecule has 34 heavy (non-hydrogen) atoms. The van der Waals surface area contributed by atoms with Gasteiger partial charge in [0.05, 0.1) is 5.57 Å². The van der Waals surface area contributed by atoms with Crippen LogP contribution < -0.4 is 4.74 Å². The number of unbranched alkanes of at least 4 members (excludes halogenated alkanes) is 9. The minimum atomic E-state index is -0.596. The Labute approximate surface area is 211 Å². The molecule has 1 unspecified atom stereocenters. The zero-order valence-electron chi connectivity index (χ0n) is 21.5. The number of benzene rings is 1. The topological polar surface area (TPSA) is 49.9 Å². The van der Waals surface area contributed by atoms with Gasteiger partial charge in [-0.25, -0.2) is 4.90 Å². The molecule has 0 aliphatic carbocycles. The molecule has 0 radical (unpaired) electrons. The van der Waals surface area contributed by atoms with E-state index < -0.39 is 12.1 Å². The average Bonchev–Trinajstić information content (AvgIpc) is 2.81.